The Bertz CT molecular complexity index is 980. The summed E-state index contributed by atoms with van der Waals surface area (Å²) in [6.45, 7) is 0. The van der Waals surface area contributed by atoms with Crippen molar-refractivity contribution in [3.8, 4) is 6.07 Å². The predicted octanol–water partition coefficient (Wildman–Crippen LogP) is 4.84. The van der Waals surface area contributed by atoms with Gasteiger partial charge in [0.15, 0.2) is 0 Å². The molecule has 2 N–H and O–H groups in total. The Labute approximate surface area is 144 Å². The van der Waals surface area contributed by atoms with E-state index in [1.807, 2.05) is 18.2 Å². The smallest absolute Gasteiger partial charge is 0.136 e. The highest BCUT2D eigenvalue weighted by Gasteiger charge is 2.41. The highest BCUT2D eigenvalue weighted by Crippen LogP contribution is 2.46. The Morgan fingerprint density at radius 3 is 2.67 bits per heavy atom. The molecular formula is C19H17ClN4. The van der Waals surface area contributed by atoms with Crippen LogP contribution in [0.25, 0.3) is 21.8 Å². The molecule has 120 valence electrons. The summed E-state index contributed by atoms with van der Waals surface area (Å²) < 4.78 is 0. The molecule has 4 nitrogen and oxygen atoms in total. The molecule has 2 aliphatic carbocycles. The third-order valence-corrected chi connectivity index (χ3v) is 5.51. The fourth-order valence-electron chi connectivity index (χ4n) is 3.76. The topological polar surface area (TPSA) is 64.5 Å². The monoisotopic (exact) mass is 336 g/mol. The van der Waals surface area contributed by atoms with Crippen LogP contribution < -0.4 is 5.32 Å². The first-order chi connectivity index (χ1) is 11.7. The van der Waals surface area contributed by atoms with Gasteiger partial charge in [0.05, 0.1) is 16.5 Å². The number of aromatic amines is 1. The van der Waals surface area contributed by atoms with Crippen molar-refractivity contribution in [3.63, 3.8) is 0 Å². The van der Waals surface area contributed by atoms with E-state index < -0.39 is 0 Å². The molecule has 5 rings (SSSR count). The number of hydrogen-bond donors (Lipinski definition) is 2. The molecular weight excluding hydrogens is 320 g/mol. The summed E-state index contributed by atoms with van der Waals surface area (Å²) in [6.07, 6.45) is 6.93. The number of rotatable bonds is 4. The molecule has 0 unspecified atom stereocenters. The van der Waals surface area contributed by atoms with Gasteiger partial charge in [-0.05, 0) is 49.7 Å². The number of aromatic nitrogens is 2. The number of halogens is 1. The Morgan fingerprint density at radius 1 is 1.25 bits per heavy atom. The second-order valence-corrected chi connectivity index (χ2v) is 7.48. The maximum absolute atomic E-state index is 9.43. The number of nitrogens with one attached hydrogen (secondary N) is 2. The minimum absolute atomic E-state index is 0.519. The molecule has 2 saturated carbocycles. The normalized spacial score (nSPS) is 17.5. The Balaban J connectivity index is 1.70. The van der Waals surface area contributed by atoms with Crippen molar-refractivity contribution in [1.82, 2.24) is 9.97 Å². The van der Waals surface area contributed by atoms with E-state index in [2.05, 4.69) is 21.4 Å². The third-order valence-electron chi connectivity index (χ3n) is 5.27. The molecule has 1 aromatic carbocycles. The lowest BCUT2D eigenvalue weighted by Crippen LogP contribution is -2.24. The van der Waals surface area contributed by atoms with Crippen molar-refractivity contribution in [2.75, 3.05) is 5.32 Å². The van der Waals surface area contributed by atoms with E-state index >= 15 is 0 Å². The third kappa shape index (κ3) is 2.23. The van der Waals surface area contributed by atoms with Crippen LogP contribution in [0.1, 0.15) is 31.2 Å². The molecule has 0 saturated heterocycles. The summed E-state index contributed by atoms with van der Waals surface area (Å²) in [7, 11) is 0. The van der Waals surface area contributed by atoms with Gasteiger partial charge in [0.2, 0.25) is 0 Å². The molecule has 0 amide bonds. The van der Waals surface area contributed by atoms with Gasteiger partial charge >= 0.3 is 0 Å². The fraction of sp³-hybridized carbons (Fsp3) is 0.368. The Morgan fingerprint density at radius 2 is 2.00 bits per heavy atom. The van der Waals surface area contributed by atoms with E-state index in [0.717, 1.165) is 39.5 Å². The van der Waals surface area contributed by atoms with Gasteiger partial charge in [0.1, 0.15) is 11.9 Å². The van der Waals surface area contributed by atoms with Gasteiger partial charge in [-0.15, -0.1) is 0 Å². The molecule has 0 atom stereocenters. The van der Waals surface area contributed by atoms with Crippen LogP contribution in [0.3, 0.4) is 0 Å². The summed E-state index contributed by atoms with van der Waals surface area (Å²) in [5.41, 5.74) is 2.36. The number of fused-ring (bicyclic) bond motifs is 3. The number of H-pyrrole nitrogens is 1. The van der Waals surface area contributed by atoms with E-state index in [1.54, 1.807) is 6.20 Å². The maximum atomic E-state index is 9.43. The van der Waals surface area contributed by atoms with Crippen molar-refractivity contribution in [1.29, 1.82) is 5.26 Å². The molecule has 0 radical (unpaired) electrons. The number of nitrogens with zero attached hydrogens (tertiary/aromatic N) is 2. The molecule has 2 heterocycles. The number of pyridine rings is 1. The van der Waals surface area contributed by atoms with Gasteiger partial charge in [-0.3, -0.25) is 0 Å². The highest BCUT2D eigenvalue weighted by atomic mass is 35.5. The fourth-order valence-corrected chi connectivity index (χ4v) is 3.93. The minimum atomic E-state index is 0.519. The zero-order valence-electron chi connectivity index (χ0n) is 13.1. The first kappa shape index (κ1) is 14.1. The van der Waals surface area contributed by atoms with Crippen LogP contribution in [0.4, 0.5) is 5.82 Å². The molecule has 2 aliphatic rings. The van der Waals surface area contributed by atoms with Gasteiger partial charge in [-0.2, -0.15) is 5.26 Å². The lowest BCUT2D eigenvalue weighted by atomic mass is 10.1. The minimum Gasteiger partial charge on any atom is -0.366 e. The summed E-state index contributed by atoms with van der Waals surface area (Å²) in [4.78, 5) is 7.95. The quantitative estimate of drug-likeness (QED) is 0.716. The predicted molar refractivity (Wildman–Crippen MR) is 96.2 cm³/mol. The number of hydrogen-bond acceptors (Lipinski definition) is 3. The summed E-state index contributed by atoms with van der Waals surface area (Å²) >= 11 is 6.13. The van der Waals surface area contributed by atoms with Gasteiger partial charge in [-0.1, -0.05) is 17.7 Å². The molecule has 2 fully saturated rings. The van der Waals surface area contributed by atoms with Crippen molar-refractivity contribution in [2.45, 2.75) is 31.7 Å². The van der Waals surface area contributed by atoms with Crippen molar-refractivity contribution in [2.24, 2.45) is 11.8 Å². The summed E-state index contributed by atoms with van der Waals surface area (Å²) in [6, 6.07) is 8.56. The highest BCUT2D eigenvalue weighted by molar-refractivity contribution is 6.31. The standard InChI is InChI=1S/C19H17ClN4/c20-13-5-6-14-15(7-13)23-18-12(8-21)9-22-19(16(14)18)24-17(10-1-2-10)11-3-4-11/h5-7,9-11,17,23H,1-4H2,(H,22,24). The van der Waals surface area contributed by atoms with Crippen molar-refractivity contribution < 1.29 is 0 Å². The average molecular weight is 337 g/mol. The zero-order chi connectivity index (χ0) is 16.3. The maximum Gasteiger partial charge on any atom is 0.136 e. The van der Waals surface area contributed by atoms with E-state index in [0.29, 0.717) is 16.6 Å². The molecule has 2 aromatic heterocycles. The molecule has 24 heavy (non-hydrogen) atoms. The van der Waals surface area contributed by atoms with Gasteiger partial charge in [0.25, 0.3) is 0 Å². The molecule has 3 aromatic rings. The van der Waals surface area contributed by atoms with Crippen LogP contribution >= 0.6 is 11.6 Å². The van der Waals surface area contributed by atoms with Crippen LogP contribution in [0, 0.1) is 23.2 Å². The lowest BCUT2D eigenvalue weighted by Gasteiger charge is -2.19. The van der Waals surface area contributed by atoms with Crippen LogP contribution in [-0.4, -0.2) is 16.0 Å². The second kappa shape index (κ2) is 5.12. The summed E-state index contributed by atoms with van der Waals surface area (Å²) in [5.74, 6) is 2.45. The van der Waals surface area contributed by atoms with Crippen molar-refractivity contribution in [3.05, 3.63) is 35.0 Å². The SMILES string of the molecule is N#Cc1cnc(NC(C2CC2)C2CC2)c2c1[nH]c1cc(Cl)ccc12. The number of nitriles is 1. The van der Waals surface area contributed by atoms with E-state index in [4.69, 9.17) is 11.6 Å². The Kier molecular flexibility index (Phi) is 3.01. The van der Waals surface area contributed by atoms with Crippen LogP contribution in [0.2, 0.25) is 5.02 Å². The molecule has 0 bridgehead atoms. The van der Waals surface area contributed by atoms with Crippen LogP contribution in [-0.2, 0) is 0 Å². The zero-order valence-corrected chi connectivity index (χ0v) is 13.9. The van der Waals surface area contributed by atoms with E-state index in [-0.39, 0.29) is 0 Å². The van der Waals surface area contributed by atoms with Gasteiger partial charge in [0, 0.05) is 28.2 Å². The van der Waals surface area contributed by atoms with Crippen LogP contribution in [0.5, 0.6) is 0 Å². The van der Waals surface area contributed by atoms with Gasteiger partial charge in [-0.25, -0.2) is 4.98 Å². The number of benzene rings is 1. The van der Waals surface area contributed by atoms with Gasteiger partial charge < -0.3 is 10.3 Å². The van der Waals surface area contributed by atoms with E-state index in [1.165, 1.54) is 25.7 Å². The molecule has 0 spiro atoms. The van der Waals surface area contributed by atoms with E-state index in [9.17, 15) is 5.26 Å². The van der Waals surface area contributed by atoms with Crippen molar-refractivity contribution >= 4 is 39.2 Å². The van der Waals surface area contributed by atoms with Crippen LogP contribution in [0.15, 0.2) is 24.4 Å². The second-order valence-electron chi connectivity index (χ2n) is 7.04. The number of anilines is 1. The molecule has 5 heteroatoms. The largest absolute Gasteiger partial charge is 0.366 e. The summed E-state index contributed by atoms with van der Waals surface area (Å²) in [5, 5.41) is 15.9. The Hall–Kier alpha value is -2.25. The first-order valence-electron chi connectivity index (χ1n) is 8.51. The first-order valence-corrected chi connectivity index (χ1v) is 8.89. The lowest BCUT2D eigenvalue weighted by molar-refractivity contribution is 0.566. The molecule has 0 aliphatic heterocycles. The average Bonchev–Trinajstić information content (AvgIpc) is 3.49.